The van der Waals surface area contributed by atoms with Crippen LogP contribution in [0.4, 0.5) is 0 Å². The fourth-order valence-electron chi connectivity index (χ4n) is 9.09. The van der Waals surface area contributed by atoms with Crippen molar-refractivity contribution in [3.05, 3.63) is 66.3 Å². The predicted octanol–water partition coefficient (Wildman–Crippen LogP) is 11.6. The minimum Gasteiger partial charge on any atom is -0.411 e. The average molecular weight is 839 g/mol. The molecule has 0 bridgehead atoms. The van der Waals surface area contributed by atoms with E-state index in [0.717, 1.165) is 82.1 Å². The van der Waals surface area contributed by atoms with Gasteiger partial charge in [-0.05, 0) is 52.9 Å². The highest BCUT2D eigenvalue weighted by atomic mass is 35.5. The molecule has 5 aromatic carbocycles. The zero-order valence-corrected chi connectivity index (χ0v) is 36.6. The van der Waals surface area contributed by atoms with E-state index in [9.17, 15) is 9.59 Å². The molecule has 0 saturated heterocycles. The molecule has 0 spiro atoms. The summed E-state index contributed by atoms with van der Waals surface area (Å²) in [6.45, 7) is 5.35. The SMILES string of the molecule is CCCCCCCCCCCCCCCCCCN1C=c2ccc3c4c(Cl)c(Cl)c5c6c(cc(Cl)c(c7ccc(c2c73)=C1Cl)c64)=CN(CCC[Si](C)(O)O)C=5. The summed E-state index contributed by atoms with van der Waals surface area (Å²) in [7, 11) is -3.13. The zero-order valence-electron chi connectivity index (χ0n) is 32.6. The van der Waals surface area contributed by atoms with E-state index in [1.165, 1.54) is 96.3 Å². The summed E-state index contributed by atoms with van der Waals surface area (Å²) in [5.41, 5.74) is 0. The van der Waals surface area contributed by atoms with Crippen LogP contribution < -0.4 is 20.9 Å². The van der Waals surface area contributed by atoms with Gasteiger partial charge in [0.25, 0.3) is 0 Å². The maximum Gasteiger partial charge on any atom is 0.329 e. The van der Waals surface area contributed by atoms with E-state index in [4.69, 9.17) is 46.4 Å². The first-order chi connectivity index (χ1) is 26.6. The van der Waals surface area contributed by atoms with Crippen LogP contribution in [0.2, 0.25) is 27.7 Å². The van der Waals surface area contributed by atoms with E-state index in [-0.39, 0.29) is 0 Å². The topological polar surface area (TPSA) is 46.9 Å². The van der Waals surface area contributed by atoms with Gasteiger partial charge in [-0.1, -0.05) is 174 Å². The van der Waals surface area contributed by atoms with Crippen molar-refractivity contribution in [2.24, 2.45) is 0 Å². The van der Waals surface area contributed by atoms with Crippen molar-refractivity contribution >= 4 is 122 Å². The summed E-state index contributed by atoms with van der Waals surface area (Å²) >= 11 is 28.9. The van der Waals surface area contributed by atoms with Crippen molar-refractivity contribution < 1.29 is 9.59 Å². The monoisotopic (exact) mass is 836 g/mol. The van der Waals surface area contributed by atoms with E-state index in [1.807, 2.05) is 12.3 Å². The van der Waals surface area contributed by atoms with Crippen molar-refractivity contribution in [1.82, 2.24) is 9.80 Å². The number of rotatable bonds is 21. The van der Waals surface area contributed by atoms with Crippen molar-refractivity contribution in [3.8, 4) is 0 Å². The van der Waals surface area contributed by atoms with E-state index in [2.05, 4.69) is 53.4 Å². The molecule has 0 fully saturated rings. The Hall–Kier alpha value is -2.22. The molecule has 2 aliphatic rings. The molecule has 0 unspecified atom stereocenters. The number of hydrogen-bond acceptors (Lipinski definition) is 4. The van der Waals surface area contributed by atoms with Crippen LogP contribution in [0.1, 0.15) is 116 Å². The fraction of sp³-hybridized carbons (Fsp3) is 0.478. The van der Waals surface area contributed by atoms with Crippen LogP contribution in [0.15, 0.2) is 30.3 Å². The van der Waals surface area contributed by atoms with Gasteiger partial charge in [-0.25, -0.2) is 0 Å². The molecule has 9 heteroatoms. The van der Waals surface area contributed by atoms with Crippen LogP contribution in [0, 0.1) is 0 Å². The lowest BCUT2D eigenvalue weighted by atomic mass is 9.87. The zero-order chi connectivity index (χ0) is 38.7. The Morgan fingerprint density at radius 1 is 0.545 bits per heavy atom. The Morgan fingerprint density at radius 3 is 1.78 bits per heavy atom. The third-order valence-corrected chi connectivity index (χ3v) is 14.8. The largest absolute Gasteiger partial charge is 0.411 e. The summed E-state index contributed by atoms with van der Waals surface area (Å²) in [4.78, 5) is 24.2. The Labute approximate surface area is 347 Å². The Balaban J connectivity index is 1.06. The van der Waals surface area contributed by atoms with Crippen molar-refractivity contribution in [2.75, 3.05) is 13.1 Å². The van der Waals surface area contributed by atoms with Crippen LogP contribution in [0.5, 0.6) is 0 Å². The Bertz CT molecular complexity index is 2430. The third-order valence-electron chi connectivity index (χ3n) is 11.9. The first kappa shape index (κ1) is 41.0. The van der Waals surface area contributed by atoms with Crippen LogP contribution in [-0.4, -0.2) is 41.0 Å². The van der Waals surface area contributed by atoms with Crippen molar-refractivity contribution in [2.45, 2.75) is 129 Å². The van der Waals surface area contributed by atoms with Crippen LogP contribution in [0.3, 0.4) is 0 Å². The van der Waals surface area contributed by atoms with Gasteiger partial charge in [-0.15, -0.1) is 0 Å². The van der Waals surface area contributed by atoms with E-state index in [0.29, 0.717) is 34.1 Å². The maximum absolute atomic E-state index is 9.97. The van der Waals surface area contributed by atoms with E-state index in [1.54, 1.807) is 6.55 Å². The van der Waals surface area contributed by atoms with E-state index < -0.39 is 8.56 Å². The molecule has 5 aromatic rings. The predicted molar refractivity (Wildman–Crippen MR) is 242 cm³/mol. The Kier molecular flexibility index (Phi) is 13.5. The molecular weight excluding hydrogens is 782 g/mol. The lowest BCUT2D eigenvalue weighted by Crippen LogP contribution is -2.32. The van der Waals surface area contributed by atoms with Crippen LogP contribution >= 0.6 is 46.4 Å². The summed E-state index contributed by atoms with van der Waals surface area (Å²) in [5, 5.41) is 14.7. The van der Waals surface area contributed by atoms with Gasteiger partial charge >= 0.3 is 8.56 Å². The minimum atomic E-state index is -3.13. The molecule has 0 aliphatic carbocycles. The summed E-state index contributed by atoms with van der Waals surface area (Å²) in [6, 6.07) is 11.1. The van der Waals surface area contributed by atoms with Gasteiger partial charge in [0.1, 0.15) is 5.16 Å². The fourth-order valence-corrected chi connectivity index (χ4v) is 11.1. The summed E-state index contributed by atoms with van der Waals surface area (Å²) in [6.07, 6.45) is 28.7. The molecule has 0 radical (unpaired) electrons. The standard InChI is InChI=1S/C46H56Cl4N2O2Si/c1-3-4-5-6-7-8-9-10-11-12-13-14-15-16-17-18-25-52-29-31-20-21-34-40-33(22-23-35(38(31)40)46(52)50)41-37(47)27-32-28-51(24-19-26-55(2,53)54)30-36-39(32)43(41)42(34)45(49)44(36)48/h20-23,27-30,53-54H,3-19,24-26H2,1-2H3. The number of hydrogen-bond donors (Lipinski definition) is 2. The number of fused-ring (bicyclic) bond motifs is 2. The second-order valence-electron chi connectivity index (χ2n) is 16.3. The lowest BCUT2D eigenvalue weighted by Gasteiger charge is -2.26. The second-order valence-corrected chi connectivity index (χ2v) is 20.8. The minimum absolute atomic E-state index is 0.390. The van der Waals surface area contributed by atoms with Gasteiger partial charge in [-0.2, -0.15) is 0 Å². The third kappa shape index (κ3) is 8.79. The quantitative estimate of drug-likeness (QED) is 0.0254. The molecule has 2 aliphatic heterocycles. The number of unbranched alkanes of at least 4 members (excludes halogenated alkanes) is 15. The highest BCUT2D eigenvalue weighted by molar-refractivity contribution is 6.63. The first-order valence-corrected chi connectivity index (χ1v) is 25.0. The molecule has 0 saturated carbocycles. The normalized spacial score (nSPS) is 14.1. The molecule has 2 N–H and O–H groups in total. The van der Waals surface area contributed by atoms with Crippen molar-refractivity contribution in [3.63, 3.8) is 0 Å². The molecule has 55 heavy (non-hydrogen) atoms. The molecule has 294 valence electrons. The lowest BCUT2D eigenvalue weighted by molar-refractivity contribution is 0.364. The van der Waals surface area contributed by atoms with Crippen LogP contribution in [-0.2, 0) is 0 Å². The van der Waals surface area contributed by atoms with Gasteiger partial charge in [-0.3, -0.25) is 0 Å². The number of benzene rings is 5. The van der Waals surface area contributed by atoms with Crippen molar-refractivity contribution in [1.29, 1.82) is 0 Å². The number of nitrogens with zero attached hydrogens (tertiary/aromatic N) is 2. The van der Waals surface area contributed by atoms with E-state index >= 15 is 0 Å². The summed E-state index contributed by atoms with van der Waals surface area (Å²) in [5.74, 6) is 0. The van der Waals surface area contributed by atoms with Gasteiger partial charge in [0, 0.05) is 79.3 Å². The second kappa shape index (κ2) is 18.1. The molecule has 0 atom stereocenters. The molecule has 0 amide bonds. The highest BCUT2D eigenvalue weighted by Gasteiger charge is 2.26. The van der Waals surface area contributed by atoms with Gasteiger partial charge in [0.2, 0.25) is 0 Å². The number of halogens is 4. The Morgan fingerprint density at radius 2 is 1.15 bits per heavy atom. The van der Waals surface area contributed by atoms with Crippen LogP contribution in [0.25, 0.3) is 66.8 Å². The van der Waals surface area contributed by atoms with Gasteiger partial charge < -0.3 is 19.4 Å². The highest BCUT2D eigenvalue weighted by Crippen LogP contribution is 2.45. The van der Waals surface area contributed by atoms with Gasteiger partial charge in [0.15, 0.2) is 0 Å². The maximum atomic E-state index is 9.97. The first-order valence-electron chi connectivity index (χ1n) is 20.9. The molecule has 2 heterocycles. The molecule has 4 nitrogen and oxygen atoms in total. The smallest absolute Gasteiger partial charge is 0.329 e. The van der Waals surface area contributed by atoms with Gasteiger partial charge in [0.05, 0.1) is 10.0 Å². The molecule has 0 aromatic heterocycles. The molecule has 7 rings (SSSR count). The average Bonchev–Trinajstić information content (AvgIpc) is 3.15. The summed E-state index contributed by atoms with van der Waals surface area (Å²) < 4.78 is 0. The molecular formula is C46H56Cl4N2O2Si.